The Kier molecular flexibility index (Phi) is 3.97. The number of benzene rings is 1. The maximum atomic E-state index is 11.1. The Bertz CT molecular complexity index is 605. The Labute approximate surface area is 116 Å². The molecule has 0 bridgehead atoms. The summed E-state index contributed by atoms with van der Waals surface area (Å²) in [5.41, 5.74) is 1.06. The molecule has 0 aliphatic rings. The molecule has 0 aliphatic heterocycles. The highest BCUT2D eigenvalue weighted by molar-refractivity contribution is 6.32. The lowest BCUT2D eigenvalue weighted by Crippen LogP contribution is -2.07. The molecule has 6 heteroatoms. The van der Waals surface area contributed by atoms with Crippen molar-refractivity contribution in [1.29, 1.82) is 0 Å². The molecule has 0 amide bonds. The highest BCUT2D eigenvalue weighted by atomic mass is 35.5. The molecule has 2 aromatic rings. The van der Waals surface area contributed by atoms with Gasteiger partial charge >= 0.3 is 0 Å². The summed E-state index contributed by atoms with van der Waals surface area (Å²) in [4.78, 5) is 17.0. The largest absolute Gasteiger partial charge is 0.369 e. The van der Waals surface area contributed by atoms with Crippen LogP contribution in [0.3, 0.4) is 0 Å². The standard InChI is InChI=1S/C13H13ClN4O/c1-17(2)9-15-13-11(8-19)12(14)18(16-13)10-6-4-3-5-7-10/h3-9H,1-2H3. The molecule has 0 radical (unpaired) electrons. The topological polar surface area (TPSA) is 50.5 Å². The highest BCUT2D eigenvalue weighted by Gasteiger charge is 2.16. The minimum absolute atomic E-state index is 0.257. The van der Waals surface area contributed by atoms with Crippen molar-refractivity contribution >= 4 is 30.0 Å². The average molecular weight is 277 g/mol. The molecular formula is C13H13ClN4O. The fraction of sp³-hybridized carbons (Fsp3) is 0.154. The van der Waals surface area contributed by atoms with Crippen LogP contribution in [0.15, 0.2) is 35.3 Å². The minimum atomic E-state index is 0.257. The zero-order valence-electron chi connectivity index (χ0n) is 10.6. The Hall–Kier alpha value is -2.14. The first kappa shape index (κ1) is 13.3. The minimum Gasteiger partial charge on any atom is -0.369 e. The van der Waals surface area contributed by atoms with E-state index in [0.717, 1.165) is 5.69 Å². The van der Waals surface area contributed by atoms with Gasteiger partial charge in [0, 0.05) is 14.1 Å². The highest BCUT2D eigenvalue weighted by Crippen LogP contribution is 2.27. The molecule has 0 N–H and O–H groups in total. The third-order valence-corrected chi connectivity index (χ3v) is 2.74. The van der Waals surface area contributed by atoms with Gasteiger partial charge in [0.25, 0.3) is 0 Å². The van der Waals surface area contributed by atoms with Crippen LogP contribution in [-0.4, -0.2) is 41.4 Å². The first-order chi connectivity index (χ1) is 9.13. The molecule has 19 heavy (non-hydrogen) atoms. The zero-order chi connectivity index (χ0) is 13.8. The van der Waals surface area contributed by atoms with Crippen LogP contribution in [0.25, 0.3) is 5.69 Å². The van der Waals surface area contributed by atoms with Gasteiger partial charge in [-0.2, -0.15) is 0 Å². The molecule has 1 aromatic heterocycles. The van der Waals surface area contributed by atoms with Crippen LogP contribution in [-0.2, 0) is 0 Å². The van der Waals surface area contributed by atoms with Gasteiger partial charge in [0.15, 0.2) is 12.1 Å². The van der Waals surface area contributed by atoms with Gasteiger partial charge in [-0.1, -0.05) is 29.8 Å². The summed E-state index contributed by atoms with van der Waals surface area (Å²) in [6.45, 7) is 0. The van der Waals surface area contributed by atoms with Crippen molar-refractivity contribution in [2.75, 3.05) is 14.1 Å². The Morgan fingerprint density at radius 2 is 2.00 bits per heavy atom. The van der Waals surface area contributed by atoms with Crippen molar-refractivity contribution in [3.63, 3.8) is 0 Å². The number of para-hydroxylation sites is 1. The lowest BCUT2D eigenvalue weighted by Gasteiger charge is -2.01. The second kappa shape index (κ2) is 5.67. The van der Waals surface area contributed by atoms with Crippen molar-refractivity contribution in [3.05, 3.63) is 41.0 Å². The fourth-order valence-corrected chi connectivity index (χ4v) is 1.77. The predicted molar refractivity (Wildman–Crippen MR) is 75.8 cm³/mol. The lowest BCUT2D eigenvalue weighted by atomic mass is 10.3. The maximum absolute atomic E-state index is 11.1. The molecular weight excluding hydrogens is 264 g/mol. The van der Waals surface area contributed by atoms with Gasteiger partial charge in [0.1, 0.15) is 5.15 Å². The van der Waals surface area contributed by atoms with E-state index in [-0.39, 0.29) is 10.7 Å². The normalized spacial score (nSPS) is 10.9. The van der Waals surface area contributed by atoms with Crippen molar-refractivity contribution in [1.82, 2.24) is 14.7 Å². The summed E-state index contributed by atoms with van der Waals surface area (Å²) in [5.74, 6) is 0.303. The number of aliphatic imine (C=N–C) groups is 1. The second-order valence-electron chi connectivity index (χ2n) is 4.10. The second-order valence-corrected chi connectivity index (χ2v) is 4.46. The van der Waals surface area contributed by atoms with Crippen LogP contribution in [0.2, 0.25) is 5.15 Å². The third kappa shape index (κ3) is 2.82. The van der Waals surface area contributed by atoms with Crippen molar-refractivity contribution in [3.8, 4) is 5.69 Å². The van der Waals surface area contributed by atoms with Crippen molar-refractivity contribution in [2.45, 2.75) is 0 Å². The maximum Gasteiger partial charge on any atom is 0.187 e. The molecule has 2 rings (SSSR count). The number of nitrogens with zero attached hydrogens (tertiary/aromatic N) is 4. The van der Waals surface area contributed by atoms with E-state index in [4.69, 9.17) is 11.6 Å². The van der Waals surface area contributed by atoms with Crippen LogP contribution in [0, 0.1) is 0 Å². The number of rotatable bonds is 4. The molecule has 0 aliphatic carbocycles. The monoisotopic (exact) mass is 276 g/mol. The number of carbonyl (C=O) groups excluding carboxylic acids is 1. The molecule has 0 unspecified atom stereocenters. The van der Waals surface area contributed by atoms with Gasteiger partial charge in [-0.15, -0.1) is 5.10 Å². The predicted octanol–water partition coefficient (Wildman–Crippen LogP) is 2.56. The van der Waals surface area contributed by atoms with Crippen LogP contribution >= 0.6 is 11.6 Å². The summed E-state index contributed by atoms with van der Waals surface area (Å²) < 4.78 is 1.49. The van der Waals surface area contributed by atoms with Crippen LogP contribution < -0.4 is 0 Å². The van der Waals surface area contributed by atoms with E-state index in [0.29, 0.717) is 12.1 Å². The fourth-order valence-electron chi connectivity index (χ4n) is 1.51. The van der Waals surface area contributed by atoms with Crippen LogP contribution in [0.4, 0.5) is 5.82 Å². The lowest BCUT2D eigenvalue weighted by molar-refractivity contribution is 0.112. The Balaban J connectivity index is 2.50. The Morgan fingerprint density at radius 3 is 2.58 bits per heavy atom. The van der Waals surface area contributed by atoms with Crippen molar-refractivity contribution < 1.29 is 4.79 Å². The first-order valence-corrected chi connectivity index (χ1v) is 6.01. The zero-order valence-corrected chi connectivity index (χ0v) is 11.4. The van der Waals surface area contributed by atoms with Gasteiger partial charge in [0.2, 0.25) is 0 Å². The quantitative estimate of drug-likeness (QED) is 0.490. The molecule has 0 fully saturated rings. The number of aromatic nitrogens is 2. The number of carbonyl (C=O) groups is 1. The Morgan fingerprint density at radius 1 is 1.32 bits per heavy atom. The summed E-state index contributed by atoms with van der Waals surface area (Å²) in [5, 5.41) is 4.51. The van der Waals surface area contributed by atoms with Crippen molar-refractivity contribution in [2.24, 2.45) is 4.99 Å². The van der Waals surface area contributed by atoms with Gasteiger partial charge in [-0.25, -0.2) is 9.67 Å². The molecule has 98 valence electrons. The van der Waals surface area contributed by atoms with E-state index in [1.54, 1.807) is 11.2 Å². The molecule has 0 saturated heterocycles. The van der Waals surface area contributed by atoms with Gasteiger partial charge in [-0.3, -0.25) is 4.79 Å². The molecule has 1 heterocycles. The smallest absolute Gasteiger partial charge is 0.187 e. The van der Waals surface area contributed by atoms with E-state index in [2.05, 4.69) is 10.1 Å². The summed E-state index contributed by atoms with van der Waals surface area (Å²) in [6, 6.07) is 9.35. The molecule has 5 nitrogen and oxygen atoms in total. The first-order valence-electron chi connectivity index (χ1n) is 5.63. The number of hydrogen-bond donors (Lipinski definition) is 0. The molecule has 0 saturated carbocycles. The SMILES string of the molecule is CN(C)C=Nc1nn(-c2ccccc2)c(Cl)c1C=O. The van der Waals surface area contributed by atoms with E-state index in [1.165, 1.54) is 4.68 Å². The summed E-state index contributed by atoms with van der Waals surface area (Å²) >= 11 is 6.16. The number of halogens is 1. The molecule has 0 spiro atoms. The average Bonchev–Trinajstić information content (AvgIpc) is 2.73. The van der Waals surface area contributed by atoms with Gasteiger partial charge < -0.3 is 4.90 Å². The van der Waals surface area contributed by atoms with E-state index in [9.17, 15) is 4.79 Å². The third-order valence-electron chi connectivity index (χ3n) is 2.37. The van der Waals surface area contributed by atoms with E-state index < -0.39 is 0 Å². The molecule has 0 atom stereocenters. The summed E-state index contributed by atoms with van der Waals surface area (Å²) in [7, 11) is 3.67. The van der Waals surface area contributed by atoms with Crippen LogP contribution in [0.5, 0.6) is 0 Å². The molecule has 1 aromatic carbocycles. The van der Waals surface area contributed by atoms with E-state index in [1.807, 2.05) is 44.4 Å². The number of aldehydes is 1. The van der Waals surface area contributed by atoms with Gasteiger partial charge in [-0.05, 0) is 12.1 Å². The van der Waals surface area contributed by atoms with Crippen LogP contribution in [0.1, 0.15) is 10.4 Å². The van der Waals surface area contributed by atoms with Gasteiger partial charge in [0.05, 0.1) is 17.6 Å². The van der Waals surface area contributed by atoms with E-state index >= 15 is 0 Å². The summed E-state index contributed by atoms with van der Waals surface area (Å²) in [6.07, 6.45) is 2.23. The number of hydrogen-bond acceptors (Lipinski definition) is 3.